The van der Waals surface area contributed by atoms with Crippen LogP contribution in [0, 0.1) is 47.4 Å². The smallest absolute Gasteiger partial charge is 0.305 e. The molecule has 0 aromatic heterocycles. The van der Waals surface area contributed by atoms with Crippen molar-refractivity contribution in [1.29, 1.82) is 0 Å². The van der Waals surface area contributed by atoms with Gasteiger partial charge < -0.3 is 28.8 Å². The zero-order valence-electron chi connectivity index (χ0n) is 37.5. The summed E-state index contributed by atoms with van der Waals surface area (Å²) < 4.78 is 28.2. The average Bonchev–Trinajstić information content (AvgIpc) is 3.25. The van der Waals surface area contributed by atoms with Crippen molar-refractivity contribution in [3.8, 4) is 47.4 Å². The van der Waals surface area contributed by atoms with Gasteiger partial charge in [-0.2, -0.15) is 0 Å². The van der Waals surface area contributed by atoms with Gasteiger partial charge in [0.05, 0.1) is 7.11 Å². The van der Waals surface area contributed by atoms with Crippen LogP contribution in [-0.4, -0.2) is 62.8 Å². The van der Waals surface area contributed by atoms with E-state index < -0.39 is 0 Å². The van der Waals surface area contributed by atoms with E-state index in [1.165, 1.54) is 84.2 Å². The SMILES string of the molecule is CCCC[C@H](C#CCCCCCCCC#CCCCC(=O)OC)OC1CCCCO1.CCCC[C@H](C#CCCCCCCCC#CCCCCO)OC1CCCCO1. The molecule has 0 aliphatic carbocycles. The molecule has 2 fully saturated rings. The van der Waals surface area contributed by atoms with Crippen LogP contribution in [0.15, 0.2) is 0 Å². The minimum absolute atomic E-state index is 0.0271. The number of hydrogen-bond acceptors (Lipinski definition) is 7. The number of unbranched alkanes of at least 4 members (excludes halogenated alkanes) is 17. The summed E-state index contributed by atoms with van der Waals surface area (Å²) in [4.78, 5) is 11.0. The van der Waals surface area contributed by atoms with Gasteiger partial charge in [0.15, 0.2) is 12.6 Å². The van der Waals surface area contributed by atoms with Crippen molar-refractivity contribution in [1.82, 2.24) is 0 Å². The van der Waals surface area contributed by atoms with E-state index in [1.807, 2.05) is 0 Å². The van der Waals surface area contributed by atoms with E-state index in [1.54, 1.807) is 0 Å². The van der Waals surface area contributed by atoms with Gasteiger partial charge in [-0.15, -0.1) is 35.5 Å². The summed E-state index contributed by atoms with van der Waals surface area (Å²) >= 11 is 0. The van der Waals surface area contributed by atoms with Gasteiger partial charge in [-0.1, -0.05) is 89.9 Å². The highest BCUT2D eigenvalue weighted by molar-refractivity contribution is 5.69. The van der Waals surface area contributed by atoms with Gasteiger partial charge in [0, 0.05) is 64.8 Å². The number of carbonyl (C=O) groups is 1. The molecule has 7 heteroatoms. The number of methoxy groups -OCH3 is 1. The second-order valence-electron chi connectivity index (χ2n) is 15.6. The lowest BCUT2D eigenvalue weighted by molar-refractivity contribution is -0.177. The fourth-order valence-corrected chi connectivity index (χ4v) is 6.52. The molecule has 0 aromatic rings. The lowest BCUT2D eigenvalue weighted by Gasteiger charge is -2.25. The first-order valence-corrected chi connectivity index (χ1v) is 23.7. The molecule has 0 radical (unpaired) electrons. The van der Waals surface area contributed by atoms with Gasteiger partial charge in [-0.3, -0.25) is 4.79 Å². The Kier molecular flexibility index (Phi) is 39.3. The molecule has 0 amide bonds. The molecule has 1 N–H and O–H groups in total. The highest BCUT2D eigenvalue weighted by Gasteiger charge is 2.19. The third-order valence-corrected chi connectivity index (χ3v) is 10.2. The van der Waals surface area contributed by atoms with Gasteiger partial charge in [-0.25, -0.2) is 0 Å². The maximum absolute atomic E-state index is 11.0. The van der Waals surface area contributed by atoms with Crippen LogP contribution < -0.4 is 0 Å². The lowest BCUT2D eigenvalue weighted by atomic mass is 10.1. The third-order valence-electron chi connectivity index (χ3n) is 10.2. The van der Waals surface area contributed by atoms with Crippen molar-refractivity contribution in [2.45, 2.75) is 244 Å². The molecule has 7 nitrogen and oxygen atoms in total. The monoisotopic (exact) mass is 809 g/mol. The second kappa shape index (κ2) is 42.6. The Balaban J connectivity index is 0.000000581. The molecule has 330 valence electrons. The maximum atomic E-state index is 11.0. The van der Waals surface area contributed by atoms with Crippen molar-refractivity contribution in [2.75, 3.05) is 26.9 Å². The fraction of sp³-hybridized carbons (Fsp3) is 0.824. The summed E-state index contributed by atoms with van der Waals surface area (Å²) in [5.41, 5.74) is 0. The molecule has 2 aliphatic rings. The van der Waals surface area contributed by atoms with Crippen molar-refractivity contribution in [3.63, 3.8) is 0 Å². The molecular formula is C51H84O7. The summed E-state index contributed by atoms with van der Waals surface area (Å²) in [6.07, 6.45) is 34.3. The zero-order valence-corrected chi connectivity index (χ0v) is 37.5. The number of aliphatic hydroxyl groups excluding tert-OH is 1. The van der Waals surface area contributed by atoms with Crippen LogP contribution in [0.1, 0.15) is 219 Å². The summed E-state index contributed by atoms with van der Waals surface area (Å²) in [6, 6.07) is 0. The topological polar surface area (TPSA) is 83.5 Å². The van der Waals surface area contributed by atoms with E-state index in [9.17, 15) is 4.79 Å². The van der Waals surface area contributed by atoms with E-state index in [0.717, 1.165) is 135 Å². The standard InChI is InChI=1S/C26H42O4.C25H42O3/c1-3-4-19-24(30-26-22-17-18-23-29-26)20-15-13-11-9-7-5-6-8-10-12-14-16-21-25(27)28-2;1-2-3-19-24(28-25-21-16-18-23-27-25)20-15-13-11-9-7-5-4-6-8-10-12-14-17-22-26/h24,26H,3-9,11,13-14,16-19,21-23H2,1-2H3;24-26H,2-7,9,11-14,16-19,21-23H2,1H3/t24-,26?;24-,25?/m11/s1. The molecular weight excluding hydrogens is 725 g/mol. The Hall–Kier alpha value is -2.49. The summed E-state index contributed by atoms with van der Waals surface area (Å²) in [5.74, 6) is 26.0. The van der Waals surface area contributed by atoms with Gasteiger partial charge in [-0.05, 0) is 96.3 Å². The number of carbonyl (C=O) groups excluding carboxylic acids is 1. The molecule has 2 rings (SSSR count). The molecule has 0 saturated carbocycles. The summed E-state index contributed by atoms with van der Waals surface area (Å²) in [7, 11) is 1.42. The number of hydrogen-bond donors (Lipinski definition) is 1. The van der Waals surface area contributed by atoms with Crippen LogP contribution in [-0.2, 0) is 28.5 Å². The Morgan fingerprint density at radius 3 is 1.33 bits per heavy atom. The Bertz CT molecular complexity index is 1190. The van der Waals surface area contributed by atoms with Gasteiger partial charge in [0.25, 0.3) is 0 Å². The molecule has 2 saturated heterocycles. The first kappa shape index (κ1) is 53.5. The fourth-order valence-electron chi connectivity index (χ4n) is 6.52. The first-order valence-electron chi connectivity index (χ1n) is 23.7. The van der Waals surface area contributed by atoms with Crippen molar-refractivity contribution in [3.05, 3.63) is 0 Å². The molecule has 2 heterocycles. The van der Waals surface area contributed by atoms with Crippen LogP contribution in [0.5, 0.6) is 0 Å². The average molecular weight is 809 g/mol. The predicted octanol–water partition coefficient (Wildman–Crippen LogP) is 12.2. The predicted molar refractivity (Wildman–Crippen MR) is 239 cm³/mol. The number of aliphatic hydroxyl groups is 1. The van der Waals surface area contributed by atoms with E-state index in [2.05, 4.69) is 65.9 Å². The van der Waals surface area contributed by atoms with Crippen molar-refractivity contribution in [2.24, 2.45) is 0 Å². The van der Waals surface area contributed by atoms with Crippen molar-refractivity contribution < 1.29 is 33.6 Å². The van der Waals surface area contributed by atoms with Gasteiger partial charge in [0.1, 0.15) is 12.2 Å². The maximum Gasteiger partial charge on any atom is 0.305 e. The Morgan fingerprint density at radius 2 is 0.948 bits per heavy atom. The van der Waals surface area contributed by atoms with Crippen molar-refractivity contribution >= 4 is 5.97 Å². The highest BCUT2D eigenvalue weighted by atomic mass is 16.7. The van der Waals surface area contributed by atoms with Crippen LogP contribution in [0.2, 0.25) is 0 Å². The second-order valence-corrected chi connectivity index (χ2v) is 15.6. The lowest BCUT2D eigenvalue weighted by Crippen LogP contribution is -2.27. The van der Waals surface area contributed by atoms with E-state index in [-0.39, 0.29) is 37.4 Å². The van der Waals surface area contributed by atoms with E-state index >= 15 is 0 Å². The van der Waals surface area contributed by atoms with E-state index in [0.29, 0.717) is 6.42 Å². The molecule has 58 heavy (non-hydrogen) atoms. The van der Waals surface area contributed by atoms with Crippen LogP contribution in [0.4, 0.5) is 0 Å². The van der Waals surface area contributed by atoms with Crippen LogP contribution >= 0.6 is 0 Å². The quantitative estimate of drug-likeness (QED) is 0.0479. The highest BCUT2D eigenvalue weighted by Crippen LogP contribution is 2.19. The number of ether oxygens (including phenoxy) is 5. The molecule has 0 bridgehead atoms. The molecule has 0 aromatic carbocycles. The van der Waals surface area contributed by atoms with Gasteiger partial charge in [0.2, 0.25) is 0 Å². The van der Waals surface area contributed by atoms with Crippen LogP contribution in [0.3, 0.4) is 0 Å². The molecule has 4 atom stereocenters. The minimum atomic E-state index is -0.149. The molecule has 2 aliphatic heterocycles. The molecule has 0 spiro atoms. The largest absolute Gasteiger partial charge is 0.469 e. The Morgan fingerprint density at radius 1 is 0.552 bits per heavy atom. The van der Waals surface area contributed by atoms with Crippen LogP contribution in [0.25, 0.3) is 0 Å². The third kappa shape index (κ3) is 35.5. The number of rotatable bonds is 28. The van der Waals surface area contributed by atoms with Gasteiger partial charge >= 0.3 is 5.97 Å². The summed E-state index contributed by atoms with van der Waals surface area (Å²) in [5, 5.41) is 8.70. The minimum Gasteiger partial charge on any atom is -0.469 e. The molecule has 2 unspecified atom stereocenters. The summed E-state index contributed by atoms with van der Waals surface area (Å²) in [6.45, 7) is 6.35. The normalized spacial score (nSPS) is 17.0. The first-order chi connectivity index (χ1) is 28.6. The number of esters is 1. The Labute approximate surface area is 357 Å². The zero-order chi connectivity index (χ0) is 41.8. The van der Waals surface area contributed by atoms with E-state index in [4.69, 9.17) is 24.1 Å².